The number of benzene rings is 1. The lowest BCUT2D eigenvalue weighted by Gasteiger charge is -2.20. The van der Waals surface area contributed by atoms with Crippen LogP contribution in [0.4, 0.5) is 9.18 Å². The van der Waals surface area contributed by atoms with E-state index in [0.717, 1.165) is 4.90 Å². The first-order valence-corrected chi connectivity index (χ1v) is 4.84. The van der Waals surface area contributed by atoms with Crippen LogP contribution in [0.5, 0.6) is 0 Å². The molecule has 84 valence electrons. The molecule has 0 aliphatic carbocycles. The number of rotatable bonds is 1. The Bertz CT molecular complexity index is 447. The molecule has 0 radical (unpaired) electrons. The van der Waals surface area contributed by atoms with Crippen LogP contribution in [0.25, 0.3) is 0 Å². The van der Waals surface area contributed by atoms with Crippen molar-refractivity contribution < 1.29 is 19.1 Å². The molecule has 0 spiro atoms. The number of likely N-dealkylation sites (tertiary alicyclic amines) is 1. The molecule has 1 aromatic carbocycles. The van der Waals surface area contributed by atoms with Crippen molar-refractivity contribution in [3.05, 3.63) is 35.6 Å². The Hall–Kier alpha value is -1.91. The molecule has 1 aliphatic rings. The van der Waals surface area contributed by atoms with E-state index in [9.17, 15) is 14.0 Å². The number of carbonyl (C=O) groups excluding carboxylic acids is 1. The molecule has 2 rings (SSSR count). The Kier molecular flexibility index (Phi) is 2.60. The van der Waals surface area contributed by atoms with Gasteiger partial charge >= 0.3 is 6.09 Å². The van der Waals surface area contributed by atoms with Crippen molar-refractivity contribution in [2.24, 2.45) is 0 Å². The number of carboxylic acid groups (broad SMARTS) is 1. The van der Waals surface area contributed by atoms with Crippen LogP contribution in [0.2, 0.25) is 0 Å². The number of carbonyl (C=O) groups is 2. The van der Waals surface area contributed by atoms with Crippen molar-refractivity contribution in [1.29, 1.82) is 0 Å². The maximum absolute atomic E-state index is 13.0. The van der Waals surface area contributed by atoms with E-state index in [4.69, 9.17) is 5.11 Å². The predicted molar refractivity (Wildman–Crippen MR) is 53.5 cm³/mol. The van der Waals surface area contributed by atoms with Gasteiger partial charge in [-0.25, -0.2) is 9.18 Å². The summed E-state index contributed by atoms with van der Waals surface area (Å²) in [5, 5.41) is 8.91. The Balaban J connectivity index is 2.32. The molecule has 1 fully saturated rings. The number of hydrogen-bond acceptors (Lipinski definition) is 2. The molecule has 1 atom stereocenters. The van der Waals surface area contributed by atoms with Gasteiger partial charge in [-0.3, -0.25) is 9.69 Å². The third-order valence-electron chi connectivity index (χ3n) is 2.62. The summed E-state index contributed by atoms with van der Waals surface area (Å²) >= 11 is 0. The third-order valence-corrected chi connectivity index (χ3v) is 2.62. The molecule has 1 aromatic rings. The maximum Gasteiger partial charge on any atom is 0.408 e. The molecule has 4 nitrogen and oxygen atoms in total. The van der Waals surface area contributed by atoms with Crippen molar-refractivity contribution in [3.8, 4) is 0 Å². The first-order valence-electron chi connectivity index (χ1n) is 4.84. The van der Waals surface area contributed by atoms with Gasteiger partial charge in [0.25, 0.3) is 0 Å². The molecule has 16 heavy (non-hydrogen) atoms. The molecule has 0 unspecified atom stereocenters. The largest absolute Gasteiger partial charge is 0.465 e. The number of Topliss-reactive ketones (excluding diaryl/α,β-unsaturated/α-hetero) is 1. The molecular weight excluding hydrogens is 213 g/mol. The lowest BCUT2D eigenvalue weighted by atomic mass is 10.0. The summed E-state index contributed by atoms with van der Waals surface area (Å²) < 4.78 is 13.0. The number of ketones is 1. The Morgan fingerprint density at radius 1 is 1.50 bits per heavy atom. The highest BCUT2D eigenvalue weighted by atomic mass is 19.1. The summed E-state index contributed by atoms with van der Waals surface area (Å²) in [4.78, 5) is 23.2. The van der Waals surface area contributed by atoms with Crippen LogP contribution in [0.15, 0.2) is 24.3 Å². The van der Waals surface area contributed by atoms with Crippen LogP contribution in [-0.4, -0.2) is 28.4 Å². The lowest BCUT2D eigenvalue weighted by molar-refractivity contribution is -0.116. The van der Waals surface area contributed by atoms with Crippen molar-refractivity contribution in [2.75, 3.05) is 6.54 Å². The summed E-state index contributed by atoms with van der Waals surface area (Å²) in [6.45, 7) is -0.115. The van der Waals surface area contributed by atoms with E-state index in [1.54, 1.807) is 6.07 Å². The van der Waals surface area contributed by atoms with E-state index in [1.807, 2.05) is 0 Å². The highest BCUT2D eigenvalue weighted by Crippen LogP contribution is 2.30. The molecular formula is C11H10FNO3. The van der Waals surface area contributed by atoms with Crippen LogP contribution in [0, 0.1) is 5.82 Å². The Morgan fingerprint density at radius 3 is 2.88 bits per heavy atom. The zero-order valence-corrected chi connectivity index (χ0v) is 8.39. The average Bonchev–Trinajstić information content (AvgIpc) is 2.60. The van der Waals surface area contributed by atoms with Crippen LogP contribution in [0.3, 0.4) is 0 Å². The number of hydrogen-bond donors (Lipinski definition) is 1. The average molecular weight is 223 g/mol. The minimum Gasteiger partial charge on any atom is -0.465 e. The zero-order valence-electron chi connectivity index (χ0n) is 8.39. The second-order valence-corrected chi connectivity index (χ2v) is 3.72. The Morgan fingerprint density at radius 2 is 2.25 bits per heavy atom. The van der Waals surface area contributed by atoms with E-state index in [2.05, 4.69) is 0 Å². The van der Waals surface area contributed by atoms with Gasteiger partial charge in [-0.05, 0) is 17.7 Å². The molecule has 1 saturated heterocycles. The van der Waals surface area contributed by atoms with E-state index in [1.165, 1.54) is 18.2 Å². The molecule has 0 bridgehead atoms. The van der Waals surface area contributed by atoms with Crippen LogP contribution < -0.4 is 0 Å². The number of nitrogens with zero attached hydrogens (tertiary/aromatic N) is 1. The first kappa shape index (κ1) is 10.6. The van der Waals surface area contributed by atoms with E-state index >= 15 is 0 Å². The molecule has 1 amide bonds. The molecule has 1 heterocycles. The smallest absolute Gasteiger partial charge is 0.408 e. The van der Waals surface area contributed by atoms with Gasteiger partial charge in [0.2, 0.25) is 0 Å². The van der Waals surface area contributed by atoms with Gasteiger partial charge in [-0.1, -0.05) is 12.1 Å². The fourth-order valence-electron chi connectivity index (χ4n) is 1.90. The van der Waals surface area contributed by atoms with Crippen molar-refractivity contribution >= 4 is 11.9 Å². The van der Waals surface area contributed by atoms with Crippen molar-refractivity contribution in [1.82, 2.24) is 4.90 Å². The number of halogens is 1. The van der Waals surface area contributed by atoms with E-state index in [-0.39, 0.29) is 18.7 Å². The van der Waals surface area contributed by atoms with Crippen molar-refractivity contribution in [3.63, 3.8) is 0 Å². The van der Waals surface area contributed by atoms with Crippen LogP contribution >= 0.6 is 0 Å². The summed E-state index contributed by atoms with van der Waals surface area (Å²) in [6.07, 6.45) is -1.03. The first-order chi connectivity index (χ1) is 7.58. The van der Waals surface area contributed by atoms with E-state index < -0.39 is 18.0 Å². The highest BCUT2D eigenvalue weighted by molar-refractivity contribution is 5.88. The SMILES string of the molecule is O=C1C[C@H](c2cccc(F)c2)N(C(=O)O)C1. The third kappa shape index (κ3) is 1.88. The minimum atomic E-state index is -1.15. The Labute approximate surface area is 91.3 Å². The van der Waals surface area contributed by atoms with Crippen LogP contribution in [0.1, 0.15) is 18.0 Å². The van der Waals surface area contributed by atoms with Gasteiger partial charge in [-0.15, -0.1) is 0 Å². The highest BCUT2D eigenvalue weighted by Gasteiger charge is 2.35. The maximum atomic E-state index is 13.0. The molecule has 0 saturated carbocycles. The van der Waals surface area contributed by atoms with Gasteiger partial charge < -0.3 is 5.11 Å². The van der Waals surface area contributed by atoms with Gasteiger partial charge in [0.05, 0.1) is 12.6 Å². The lowest BCUT2D eigenvalue weighted by Crippen LogP contribution is -2.29. The summed E-state index contributed by atoms with van der Waals surface area (Å²) in [6, 6.07) is 5.13. The number of amides is 1. The molecule has 1 aliphatic heterocycles. The summed E-state index contributed by atoms with van der Waals surface area (Å²) in [7, 11) is 0. The molecule has 1 N–H and O–H groups in total. The quantitative estimate of drug-likeness (QED) is 0.790. The monoisotopic (exact) mass is 223 g/mol. The minimum absolute atomic E-state index is 0.115. The van der Waals surface area contributed by atoms with Crippen LogP contribution in [-0.2, 0) is 4.79 Å². The second-order valence-electron chi connectivity index (χ2n) is 3.72. The van der Waals surface area contributed by atoms with Gasteiger partial charge in [-0.2, -0.15) is 0 Å². The van der Waals surface area contributed by atoms with E-state index in [0.29, 0.717) is 5.56 Å². The molecule has 0 aromatic heterocycles. The fraction of sp³-hybridized carbons (Fsp3) is 0.273. The normalized spacial score (nSPS) is 20.2. The predicted octanol–water partition coefficient (Wildman–Crippen LogP) is 1.82. The standard InChI is InChI=1S/C11H10FNO3/c12-8-3-1-2-7(4-8)10-5-9(14)6-13(10)11(15)16/h1-4,10H,5-6H2,(H,15,16)/t10-/m1/s1. The van der Waals surface area contributed by atoms with Gasteiger partial charge in [0, 0.05) is 6.42 Å². The summed E-state index contributed by atoms with van der Waals surface area (Å²) in [5.74, 6) is -0.571. The zero-order chi connectivity index (χ0) is 11.7. The van der Waals surface area contributed by atoms with Gasteiger partial charge in [0.1, 0.15) is 5.82 Å². The summed E-state index contributed by atoms with van der Waals surface area (Å²) in [5.41, 5.74) is 0.522. The molecule has 5 heteroatoms. The van der Waals surface area contributed by atoms with Gasteiger partial charge in [0.15, 0.2) is 5.78 Å². The topological polar surface area (TPSA) is 57.6 Å². The van der Waals surface area contributed by atoms with Crippen molar-refractivity contribution in [2.45, 2.75) is 12.5 Å². The second kappa shape index (κ2) is 3.92. The fourth-order valence-corrected chi connectivity index (χ4v) is 1.90.